The fourth-order valence-electron chi connectivity index (χ4n) is 3.87. The summed E-state index contributed by atoms with van der Waals surface area (Å²) < 4.78 is 29.0. The summed E-state index contributed by atoms with van der Waals surface area (Å²) in [7, 11) is 0. The van der Waals surface area contributed by atoms with Crippen LogP contribution in [-0.2, 0) is 16.1 Å². The second-order valence-corrected chi connectivity index (χ2v) is 9.49. The van der Waals surface area contributed by atoms with Gasteiger partial charge in [-0.25, -0.2) is 4.79 Å². The number of benzene rings is 1. The molecular formula is C29H39N3O7. The van der Waals surface area contributed by atoms with Gasteiger partial charge in [0.2, 0.25) is 11.6 Å². The molecule has 0 atom stereocenters. The fraction of sp³-hybridized carbons (Fsp3) is 0.517. The van der Waals surface area contributed by atoms with E-state index in [1.54, 1.807) is 13.0 Å². The zero-order valence-corrected chi connectivity index (χ0v) is 23.7. The molecule has 2 aromatic heterocycles. The number of amides is 1. The quantitative estimate of drug-likeness (QED) is 0.174. The molecule has 3 rings (SSSR count). The Balaban J connectivity index is 2.19. The Bertz CT molecular complexity index is 1250. The third-order valence-electron chi connectivity index (χ3n) is 5.97. The average molecular weight is 542 g/mol. The molecule has 0 saturated heterocycles. The predicted octanol–water partition coefficient (Wildman–Crippen LogP) is 6.29. The van der Waals surface area contributed by atoms with Gasteiger partial charge in [-0.2, -0.15) is 0 Å². The number of unbranched alkanes of at least 4 members (excludes halogenated alkanes) is 2. The summed E-state index contributed by atoms with van der Waals surface area (Å²) in [6, 6.07) is 5.48. The number of nitrogens with one attached hydrogen (secondary N) is 1. The molecule has 0 aliphatic rings. The largest absolute Gasteiger partial charge is 0.493 e. The minimum Gasteiger partial charge on any atom is -0.493 e. The lowest BCUT2D eigenvalue weighted by Crippen LogP contribution is -2.18. The van der Waals surface area contributed by atoms with Crippen LogP contribution in [0.2, 0.25) is 0 Å². The Kier molecular flexibility index (Phi) is 11.0. The van der Waals surface area contributed by atoms with Crippen LogP contribution in [0.4, 0.5) is 0 Å². The first-order chi connectivity index (χ1) is 18.8. The first-order valence-electron chi connectivity index (χ1n) is 13.6. The lowest BCUT2D eigenvalue weighted by Gasteiger charge is -2.19. The molecular weight excluding hydrogens is 502 g/mol. The Labute approximate surface area is 229 Å². The second-order valence-electron chi connectivity index (χ2n) is 9.49. The molecule has 0 radical (unpaired) electrons. The van der Waals surface area contributed by atoms with Gasteiger partial charge >= 0.3 is 5.97 Å². The van der Waals surface area contributed by atoms with Gasteiger partial charge in [0.15, 0.2) is 11.5 Å². The van der Waals surface area contributed by atoms with E-state index in [1.807, 2.05) is 12.1 Å². The normalized spacial score (nSPS) is 11.1. The summed E-state index contributed by atoms with van der Waals surface area (Å²) in [6.45, 7) is 12.9. The second kappa shape index (κ2) is 14.4. The van der Waals surface area contributed by atoms with E-state index in [-0.39, 0.29) is 42.2 Å². The summed E-state index contributed by atoms with van der Waals surface area (Å²) in [5.41, 5.74) is 2.31. The smallest absolute Gasteiger partial charge is 0.361 e. The molecule has 0 saturated carbocycles. The number of rotatable bonds is 15. The molecule has 0 spiro atoms. The van der Waals surface area contributed by atoms with Crippen LogP contribution in [0.1, 0.15) is 94.9 Å². The number of ether oxygens (including phenoxy) is 3. The molecule has 0 fully saturated rings. The average Bonchev–Trinajstić information content (AvgIpc) is 3.55. The summed E-state index contributed by atoms with van der Waals surface area (Å²) in [5, 5.41) is 10.8. The van der Waals surface area contributed by atoms with Crippen LogP contribution >= 0.6 is 0 Å². The molecule has 0 unspecified atom stereocenters. The van der Waals surface area contributed by atoms with Crippen molar-refractivity contribution in [2.24, 2.45) is 0 Å². The number of hydrogen-bond donors (Lipinski definition) is 1. The van der Waals surface area contributed by atoms with Crippen LogP contribution in [0, 0.1) is 0 Å². The van der Waals surface area contributed by atoms with Crippen LogP contribution in [-0.4, -0.2) is 42.0 Å². The van der Waals surface area contributed by atoms with Crippen LogP contribution < -0.4 is 14.8 Å². The third kappa shape index (κ3) is 7.61. The van der Waals surface area contributed by atoms with Crippen molar-refractivity contribution in [3.63, 3.8) is 0 Å². The number of hydrogen-bond acceptors (Lipinski definition) is 9. The van der Waals surface area contributed by atoms with Gasteiger partial charge in [-0.3, -0.25) is 4.79 Å². The van der Waals surface area contributed by atoms with Gasteiger partial charge in [-0.1, -0.05) is 50.8 Å². The monoisotopic (exact) mass is 541 g/mol. The fourth-order valence-corrected chi connectivity index (χ4v) is 3.87. The molecule has 10 nitrogen and oxygen atoms in total. The Morgan fingerprint density at radius 3 is 2.26 bits per heavy atom. The SMILES string of the molecule is CCCCOc1cc(OCCCC)c(C(C)C)cc1-c1onc(C(=O)OCC)c1-c1cc(CNC(C)=O)no1. The highest BCUT2D eigenvalue weighted by Crippen LogP contribution is 2.44. The lowest BCUT2D eigenvalue weighted by molar-refractivity contribution is -0.119. The van der Waals surface area contributed by atoms with E-state index >= 15 is 0 Å². The molecule has 0 aliphatic carbocycles. The number of aromatic nitrogens is 2. The van der Waals surface area contributed by atoms with Crippen molar-refractivity contribution < 1.29 is 32.8 Å². The molecule has 212 valence electrons. The van der Waals surface area contributed by atoms with Gasteiger partial charge in [0.05, 0.1) is 31.9 Å². The van der Waals surface area contributed by atoms with Crippen LogP contribution in [0.3, 0.4) is 0 Å². The summed E-state index contributed by atoms with van der Waals surface area (Å²) in [4.78, 5) is 24.2. The van der Waals surface area contributed by atoms with E-state index in [0.29, 0.717) is 35.8 Å². The van der Waals surface area contributed by atoms with E-state index in [9.17, 15) is 9.59 Å². The van der Waals surface area contributed by atoms with E-state index in [2.05, 4.69) is 43.3 Å². The maximum Gasteiger partial charge on any atom is 0.361 e. The maximum atomic E-state index is 12.9. The lowest BCUT2D eigenvalue weighted by atomic mass is 9.95. The highest BCUT2D eigenvalue weighted by atomic mass is 16.5. The highest BCUT2D eigenvalue weighted by molar-refractivity contribution is 5.99. The van der Waals surface area contributed by atoms with Crippen LogP contribution in [0.25, 0.3) is 22.6 Å². The van der Waals surface area contributed by atoms with Crippen molar-refractivity contribution in [1.29, 1.82) is 0 Å². The number of nitrogens with zero attached hydrogens (tertiary/aromatic N) is 2. The highest BCUT2D eigenvalue weighted by Gasteiger charge is 2.31. The molecule has 10 heteroatoms. The molecule has 3 aromatic rings. The van der Waals surface area contributed by atoms with Crippen molar-refractivity contribution in [1.82, 2.24) is 15.6 Å². The minimum absolute atomic E-state index is 0.0389. The minimum atomic E-state index is -0.653. The molecule has 0 aliphatic heterocycles. The van der Waals surface area contributed by atoms with E-state index in [4.69, 9.17) is 23.3 Å². The standard InChI is InChI=1S/C29H39N3O7/c1-7-10-12-36-23-16-24(37-13-11-8-2)22(15-21(23)18(4)5)28-26(27(32-39-28)29(34)35-9-3)25-14-20(31-38-25)17-30-19(6)33/h14-16,18H,7-13,17H2,1-6H3,(H,30,33). The van der Waals surface area contributed by atoms with Crippen molar-refractivity contribution >= 4 is 11.9 Å². The molecule has 1 aromatic carbocycles. The first-order valence-corrected chi connectivity index (χ1v) is 13.6. The number of carbonyl (C=O) groups excluding carboxylic acids is 2. The van der Waals surface area contributed by atoms with Crippen LogP contribution in [0.15, 0.2) is 27.2 Å². The molecule has 1 amide bonds. The molecule has 39 heavy (non-hydrogen) atoms. The van der Waals surface area contributed by atoms with Crippen LogP contribution in [0.5, 0.6) is 11.5 Å². The number of esters is 1. The summed E-state index contributed by atoms with van der Waals surface area (Å²) in [5.74, 6) is 1.11. The van der Waals surface area contributed by atoms with Gasteiger partial charge in [-0.15, -0.1) is 0 Å². The van der Waals surface area contributed by atoms with E-state index in [0.717, 1.165) is 37.0 Å². The zero-order valence-electron chi connectivity index (χ0n) is 23.7. The predicted molar refractivity (Wildman–Crippen MR) is 146 cm³/mol. The van der Waals surface area contributed by atoms with Gasteiger partial charge < -0.3 is 28.6 Å². The summed E-state index contributed by atoms with van der Waals surface area (Å²) >= 11 is 0. The Morgan fingerprint density at radius 2 is 1.64 bits per heavy atom. The Hall–Kier alpha value is -3.82. The first kappa shape index (κ1) is 29.7. The molecule has 1 N–H and O–H groups in total. The number of carbonyl (C=O) groups is 2. The van der Waals surface area contributed by atoms with Crippen molar-refractivity contribution in [3.8, 4) is 34.1 Å². The third-order valence-corrected chi connectivity index (χ3v) is 5.97. The van der Waals surface area contributed by atoms with Gasteiger partial charge in [0, 0.05) is 19.1 Å². The maximum absolute atomic E-state index is 12.9. The Morgan fingerprint density at radius 1 is 0.949 bits per heavy atom. The van der Waals surface area contributed by atoms with Crippen molar-refractivity contribution in [2.45, 2.75) is 79.7 Å². The van der Waals surface area contributed by atoms with Gasteiger partial charge in [0.1, 0.15) is 22.8 Å². The van der Waals surface area contributed by atoms with E-state index < -0.39 is 5.97 Å². The molecule has 2 heterocycles. The van der Waals surface area contributed by atoms with Crippen molar-refractivity contribution in [3.05, 3.63) is 35.2 Å². The topological polar surface area (TPSA) is 126 Å². The van der Waals surface area contributed by atoms with E-state index in [1.165, 1.54) is 6.92 Å². The van der Waals surface area contributed by atoms with Gasteiger partial charge in [0.25, 0.3) is 0 Å². The zero-order chi connectivity index (χ0) is 28.4. The molecule has 0 bridgehead atoms. The van der Waals surface area contributed by atoms with Crippen molar-refractivity contribution in [2.75, 3.05) is 19.8 Å². The summed E-state index contributed by atoms with van der Waals surface area (Å²) in [6.07, 6.45) is 3.79. The van der Waals surface area contributed by atoms with Gasteiger partial charge in [-0.05, 0) is 37.3 Å².